The number of hydrogen-bond donors (Lipinski definition) is 3. The lowest BCUT2D eigenvalue weighted by Crippen LogP contribution is -2.61. The highest BCUT2D eigenvalue weighted by Gasteiger charge is 2.48. The smallest absolute Gasteiger partial charge is 0.315 e. The Morgan fingerprint density at radius 1 is 1.16 bits per heavy atom. The fourth-order valence-corrected chi connectivity index (χ4v) is 7.53. The second-order valence-electron chi connectivity index (χ2n) is 8.95. The van der Waals surface area contributed by atoms with Crippen LogP contribution in [-0.4, -0.2) is 65.4 Å². The standard InChI is InChI=1S/C24H27N3O8S2/c1-4-34-21(29)13-20(28)25-14-5-7-16-17-12-15(6-8-18(17)35-19(16)11-14)37(32,33)27-9-10-36-24(2,3)22(27)23(30)26-31/h5-8,11-12,22,31H,4,9-10,13H2,1-3H3,(H,25,28)(H,26,30). The Balaban J connectivity index is 1.66. The number of ether oxygens (including phenoxy) is 1. The number of amides is 2. The van der Waals surface area contributed by atoms with Gasteiger partial charge in [-0.1, -0.05) is 0 Å². The monoisotopic (exact) mass is 549 g/mol. The molecule has 1 atom stereocenters. The molecule has 2 amide bonds. The maximum atomic E-state index is 13.7. The molecule has 0 aliphatic carbocycles. The fraction of sp³-hybridized carbons (Fsp3) is 0.375. The molecule has 11 nitrogen and oxygen atoms in total. The van der Waals surface area contributed by atoms with Crippen molar-refractivity contribution in [1.82, 2.24) is 9.79 Å². The van der Waals surface area contributed by atoms with E-state index in [9.17, 15) is 28.0 Å². The molecule has 1 aliphatic heterocycles. The summed E-state index contributed by atoms with van der Waals surface area (Å²) in [5, 5.41) is 13.0. The number of rotatable bonds is 7. The lowest BCUT2D eigenvalue weighted by atomic mass is 10.0. The Morgan fingerprint density at radius 3 is 2.62 bits per heavy atom. The van der Waals surface area contributed by atoms with E-state index in [0.29, 0.717) is 33.4 Å². The molecule has 1 aliphatic rings. The van der Waals surface area contributed by atoms with Crippen molar-refractivity contribution in [3.8, 4) is 0 Å². The maximum absolute atomic E-state index is 13.7. The minimum atomic E-state index is -4.11. The molecule has 198 valence electrons. The predicted octanol–water partition coefficient (Wildman–Crippen LogP) is 2.87. The fourth-order valence-electron chi connectivity index (χ4n) is 4.40. The summed E-state index contributed by atoms with van der Waals surface area (Å²) in [6.45, 7) is 5.45. The molecule has 3 aromatic rings. The van der Waals surface area contributed by atoms with Gasteiger partial charge in [-0.2, -0.15) is 16.1 Å². The zero-order valence-corrected chi connectivity index (χ0v) is 22.1. The second-order valence-corrected chi connectivity index (χ2v) is 12.6. The van der Waals surface area contributed by atoms with Crippen LogP contribution in [0.15, 0.2) is 45.7 Å². The average molecular weight is 550 g/mol. The molecule has 13 heteroatoms. The number of nitrogens with one attached hydrogen (secondary N) is 2. The van der Waals surface area contributed by atoms with E-state index in [1.807, 2.05) is 0 Å². The summed E-state index contributed by atoms with van der Waals surface area (Å²) < 4.78 is 38.3. The number of benzene rings is 2. The molecular weight excluding hydrogens is 522 g/mol. The van der Waals surface area contributed by atoms with Crippen molar-refractivity contribution in [3.63, 3.8) is 0 Å². The van der Waals surface area contributed by atoms with Crippen molar-refractivity contribution in [2.45, 2.75) is 42.9 Å². The first-order valence-electron chi connectivity index (χ1n) is 11.5. The van der Waals surface area contributed by atoms with Gasteiger partial charge >= 0.3 is 5.97 Å². The number of fused-ring (bicyclic) bond motifs is 3. The Bertz CT molecular complexity index is 1480. The van der Waals surface area contributed by atoms with Gasteiger partial charge in [0.1, 0.15) is 23.6 Å². The van der Waals surface area contributed by atoms with Crippen LogP contribution < -0.4 is 10.8 Å². The quantitative estimate of drug-likeness (QED) is 0.175. The maximum Gasteiger partial charge on any atom is 0.315 e. The van der Waals surface area contributed by atoms with Crippen molar-refractivity contribution >= 4 is 67.2 Å². The van der Waals surface area contributed by atoms with E-state index in [2.05, 4.69) is 5.32 Å². The van der Waals surface area contributed by atoms with Crippen molar-refractivity contribution in [2.75, 3.05) is 24.2 Å². The Hall–Kier alpha value is -3.13. The number of carbonyl (C=O) groups is 3. The van der Waals surface area contributed by atoms with Crippen LogP contribution in [-0.2, 0) is 29.1 Å². The van der Waals surface area contributed by atoms with Crippen LogP contribution in [0.25, 0.3) is 21.9 Å². The van der Waals surface area contributed by atoms with Crippen LogP contribution in [0, 0.1) is 0 Å². The van der Waals surface area contributed by atoms with Gasteiger partial charge in [0.15, 0.2) is 0 Å². The van der Waals surface area contributed by atoms with Crippen molar-refractivity contribution in [2.24, 2.45) is 0 Å². The molecule has 2 aromatic carbocycles. The average Bonchev–Trinajstić information content (AvgIpc) is 3.19. The van der Waals surface area contributed by atoms with Crippen molar-refractivity contribution in [3.05, 3.63) is 36.4 Å². The summed E-state index contributed by atoms with van der Waals surface area (Å²) in [6, 6.07) is 8.19. The van der Waals surface area contributed by atoms with Crippen LogP contribution in [0.1, 0.15) is 27.2 Å². The zero-order chi connectivity index (χ0) is 27.0. The molecule has 1 aromatic heterocycles. The number of thioether (sulfide) groups is 1. The van der Waals surface area contributed by atoms with Crippen LogP contribution >= 0.6 is 11.8 Å². The minimum absolute atomic E-state index is 0.0204. The first-order chi connectivity index (χ1) is 17.5. The largest absolute Gasteiger partial charge is 0.466 e. The number of carbonyl (C=O) groups excluding carboxylic acids is 3. The van der Waals surface area contributed by atoms with E-state index < -0.39 is 45.0 Å². The number of sulfonamides is 1. The summed E-state index contributed by atoms with van der Waals surface area (Å²) in [4.78, 5) is 36.1. The molecule has 1 unspecified atom stereocenters. The summed E-state index contributed by atoms with van der Waals surface area (Å²) >= 11 is 1.46. The number of nitrogens with zero attached hydrogens (tertiary/aromatic N) is 1. The number of hydrogen-bond acceptors (Lipinski definition) is 9. The van der Waals surface area contributed by atoms with Gasteiger partial charge in [-0.05, 0) is 51.1 Å². The Labute approximate surface area is 217 Å². The van der Waals surface area contributed by atoms with E-state index in [0.717, 1.165) is 4.31 Å². The van der Waals surface area contributed by atoms with Gasteiger partial charge in [0.05, 0.1) is 11.5 Å². The normalized spacial score (nSPS) is 18.0. The Kier molecular flexibility index (Phi) is 7.51. The third kappa shape index (κ3) is 5.30. The lowest BCUT2D eigenvalue weighted by Gasteiger charge is -2.43. The van der Waals surface area contributed by atoms with E-state index in [-0.39, 0.29) is 18.0 Å². The first-order valence-corrected chi connectivity index (χ1v) is 13.9. The van der Waals surface area contributed by atoms with E-state index in [4.69, 9.17) is 9.15 Å². The van der Waals surface area contributed by atoms with Gasteiger partial charge in [0, 0.05) is 39.6 Å². The molecule has 0 spiro atoms. The van der Waals surface area contributed by atoms with Crippen LogP contribution in [0.4, 0.5) is 5.69 Å². The second kappa shape index (κ2) is 10.3. The third-order valence-corrected chi connectivity index (χ3v) is 9.25. The third-order valence-electron chi connectivity index (χ3n) is 6.03. The van der Waals surface area contributed by atoms with Crippen molar-refractivity contribution < 1.29 is 37.2 Å². The van der Waals surface area contributed by atoms with Gasteiger partial charge in [-0.25, -0.2) is 13.9 Å². The molecule has 4 rings (SSSR count). The highest BCUT2D eigenvalue weighted by atomic mass is 32.2. The molecule has 0 bridgehead atoms. The Morgan fingerprint density at radius 2 is 1.92 bits per heavy atom. The molecule has 37 heavy (non-hydrogen) atoms. The van der Waals surface area contributed by atoms with Crippen LogP contribution in [0.5, 0.6) is 0 Å². The minimum Gasteiger partial charge on any atom is -0.466 e. The SMILES string of the molecule is CCOC(=O)CC(=O)Nc1ccc2c(c1)oc1ccc(S(=O)(=O)N3CCSC(C)(C)C3C(=O)NO)cc12. The topological polar surface area (TPSA) is 155 Å². The van der Waals surface area contributed by atoms with Crippen LogP contribution in [0.3, 0.4) is 0 Å². The van der Waals surface area contributed by atoms with Gasteiger partial charge in [0.25, 0.3) is 5.91 Å². The molecule has 1 saturated heterocycles. The molecular formula is C24H27N3O8S2. The summed E-state index contributed by atoms with van der Waals surface area (Å²) in [5.74, 6) is -1.48. The molecule has 2 heterocycles. The number of anilines is 1. The number of esters is 1. The summed E-state index contributed by atoms with van der Waals surface area (Å²) in [5.41, 5.74) is 2.84. The molecule has 3 N–H and O–H groups in total. The highest BCUT2D eigenvalue weighted by molar-refractivity contribution is 8.01. The van der Waals surface area contributed by atoms with Gasteiger partial charge < -0.3 is 14.5 Å². The predicted molar refractivity (Wildman–Crippen MR) is 138 cm³/mol. The molecule has 1 fully saturated rings. The van der Waals surface area contributed by atoms with Gasteiger partial charge in [-0.3, -0.25) is 19.6 Å². The van der Waals surface area contributed by atoms with E-state index in [1.165, 1.54) is 30.0 Å². The highest BCUT2D eigenvalue weighted by Crippen LogP contribution is 2.39. The number of hydroxylamine groups is 1. The number of furan rings is 1. The zero-order valence-electron chi connectivity index (χ0n) is 20.4. The summed E-state index contributed by atoms with van der Waals surface area (Å²) in [7, 11) is -4.11. The van der Waals surface area contributed by atoms with E-state index >= 15 is 0 Å². The summed E-state index contributed by atoms with van der Waals surface area (Å²) in [6.07, 6.45) is -0.422. The molecule has 0 saturated carbocycles. The van der Waals surface area contributed by atoms with Gasteiger partial charge in [0.2, 0.25) is 15.9 Å². The molecule has 0 radical (unpaired) electrons. The van der Waals surface area contributed by atoms with Crippen molar-refractivity contribution in [1.29, 1.82) is 0 Å². The first kappa shape index (κ1) is 26.9. The lowest BCUT2D eigenvalue weighted by molar-refractivity contribution is -0.145. The van der Waals surface area contributed by atoms with E-state index in [1.54, 1.807) is 44.5 Å². The van der Waals surface area contributed by atoms with Crippen LogP contribution in [0.2, 0.25) is 0 Å². The van der Waals surface area contributed by atoms with Gasteiger partial charge in [-0.15, -0.1) is 0 Å².